The van der Waals surface area contributed by atoms with Crippen LogP contribution >= 0.6 is 11.3 Å². The van der Waals surface area contributed by atoms with E-state index in [0.717, 1.165) is 34.5 Å². The van der Waals surface area contributed by atoms with Crippen LogP contribution in [0.1, 0.15) is 33.5 Å². The van der Waals surface area contributed by atoms with E-state index < -0.39 is 6.04 Å². The van der Waals surface area contributed by atoms with Gasteiger partial charge < -0.3 is 9.80 Å². The maximum absolute atomic E-state index is 13.4. The van der Waals surface area contributed by atoms with Crippen molar-refractivity contribution < 1.29 is 9.59 Å². The number of aromatic nitrogens is 1. The average molecular weight is 434 g/mol. The predicted molar refractivity (Wildman–Crippen MR) is 124 cm³/mol. The third kappa shape index (κ3) is 4.54. The maximum Gasteiger partial charge on any atom is 0.264 e. The lowest BCUT2D eigenvalue weighted by Crippen LogP contribution is -2.59. The van der Waals surface area contributed by atoms with Crippen molar-refractivity contribution in [3.8, 4) is 11.1 Å². The van der Waals surface area contributed by atoms with Gasteiger partial charge in [0.05, 0.1) is 4.88 Å². The number of carbonyl (C=O) groups is 2. The van der Waals surface area contributed by atoms with Gasteiger partial charge in [0.2, 0.25) is 5.91 Å². The SMILES string of the molecule is CCCN1CCN(C(=O)c2ccc(C)s2)[C@H](Cc2ccccc2-c2ccncc2)C1=O. The summed E-state index contributed by atoms with van der Waals surface area (Å²) < 4.78 is 0. The van der Waals surface area contributed by atoms with Gasteiger partial charge in [0.1, 0.15) is 6.04 Å². The van der Waals surface area contributed by atoms with Crippen LogP contribution in [0.25, 0.3) is 11.1 Å². The Hall–Kier alpha value is -2.99. The van der Waals surface area contributed by atoms with Crippen LogP contribution in [0.15, 0.2) is 60.9 Å². The number of nitrogens with zero attached hydrogens (tertiary/aromatic N) is 3. The minimum absolute atomic E-state index is 0.0410. The molecule has 1 fully saturated rings. The first-order valence-corrected chi connectivity index (χ1v) is 11.5. The fourth-order valence-electron chi connectivity index (χ4n) is 4.18. The summed E-state index contributed by atoms with van der Waals surface area (Å²) in [6.07, 6.45) is 4.95. The summed E-state index contributed by atoms with van der Waals surface area (Å²) in [5, 5.41) is 0. The molecule has 0 spiro atoms. The van der Waals surface area contributed by atoms with Gasteiger partial charge in [-0.2, -0.15) is 0 Å². The molecule has 1 atom stereocenters. The molecule has 3 aromatic rings. The summed E-state index contributed by atoms with van der Waals surface area (Å²) in [4.78, 5) is 36.4. The topological polar surface area (TPSA) is 53.5 Å². The Kier molecular flexibility index (Phi) is 6.47. The highest BCUT2D eigenvalue weighted by atomic mass is 32.1. The Labute approximate surface area is 187 Å². The molecule has 2 amide bonds. The van der Waals surface area contributed by atoms with Gasteiger partial charge in [-0.3, -0.25) is 14.6 Å². The van der Waals surface area contributed by atoms with Crippen molar-refractivity contribution in [2.45, 2.75) is 32.7 Å². The summed E-state index contributed by atoms with van der Waals surface area (Å²) in [5.74, 6) is -0.00625. The lowest BCUT2D eigenvalue weighted by Gasteiger charge is -2.40. The molecule has 1 saturated heterocycles. The standard InChI is InChI=1S/C25H27N3O2S/c1-3-14-27-15-16-28(25(30)23-9-8-18(2)31-23)22(24(27)29)17-20-6-4-5-7-21(20)19-10-12-26-13-11-19/h4-13,22H,3,14-17H2,1-2H3/t22-/m1/s1. The van der Waals surface area contributed by atoms with Gasteiger partial charge in [0.25, 0.3) is 5.91 Å². The molecule has 0 radical (unpaired) electrons. The van der Waals surface area contributed by atoms with Gasteiger partial charge in [0.15, 0.2) is 0 Å². The Morgan fingerprint density at radius 1 is 1.10 bits per heavy atom. The van der Waals surface area contributed by atoms with Gasteiger partial charge in [-0.05, 0) is 54.3 Å². The normalized spacial score (nSPS) is 16.6. The summed E-state index contributed by atoms with van der Waals surface area (Å²) in [6, 6.07) is 15.4. The number of hydrogen-bond donors (Lipinski definition) is 0. The summed E-state index contributed by atoms with van der Waals surface area (Å²) >= 11 is 1.49. The van der Waals surface area contributed by atoms with Gasteiger partial charge in [-0.1, -0.05) is 31.2 Å². The second kappa shape index (κ2) is 9.43. The predicted octanol–water partition coefficient (Wildman–Crippen LogP) is 4.42. The van der Waals surface area contributed by atoms with E-state index in [-0.39, 0.29) is 11.8 Å². The fraction of sp³-hybridized carbons (Fsp3) is 0.320. The molecule has 3 heterocycles. The zero-order chi connectivity index (χ0) is 21.8. The Balaban J connectivity index is 1.68. The van der Waals surface area contributed by atoms with Crippen LogP contribution in [0.2, 0.25) is 0 Å². The molecule has 1 aromatic carbocycles. The lowest BCUT2D eigenvalue weighted by molar-refractivity contribution is -0.140. The molecule has 0 unspecified atom stereocenters. The molecule has 160 valence electrons. The number of hydrogen-bond acceptors (Lipinski definition) is 4. The molecule has 2 aromatic heterocycles. The van der Waals surface area contributed by atoms with E-state index in [1.54, 1.807) is 17.3 Å². The van der Waals surface area contributed by atoms with E-state index in [1.807, 2.05) is 48.2 Å². The second-order valence-corrected chi connectivity index (χ2v) is 9.13. The number of benzene rings is 1. The summed E-state index contributed by atoms with van der Waals surface area (Å²) in [7, 11) is 0. The molecule has 0 saturated carbocycles. The van der Waals surface area contributed by atoms with Crippen LogP contribution in [-0.2, 0) is 11.2 Å². The van der Waals surface area contributed by atoms with Crippen LogP contribution in [0.4, 0.5) is 0 Å². The average Bonchev–Trinajstić information content (AvgIpc) is 3.23. The first-order valence-electron chi connectivity index (χ1n) is 10.7. The van der Waals surface area contributed by atoms with Crippen LogP contribution in [-0.4, -0.2) is 52.3 Å². The van der Waals surface area contributed by atoms with Crippen molar-refractivity contribution in [3.05, 3.63) is 76.2 Å². The number of piperazine rings is 1. The third-order valence-electron chi connectivity index (χ3n) is 5.71. The first kappa shape index (κ1) is 21.2. The minimum Gasteiger partial charge on any atom is -0.339 e. The van der Waals surface area contributed by atoms with E-state index in [2.05, 4.69) is 24.0 Å². The Morgan fingerprint density at radius 2 is 1.87 bits per heavy atom. The second-order valence-electron chi connectivity index (χ2n) is 7.85. The largest absolute Gasteiger partial charge is 0.339 e. The molecular formula is C25H27N3O2S. The monoisotopic (exact) mass is 433 g/mol. The number of thiophene rings is 1. The molecule has 0 aliphatic carbocycles. The maximum atomic E-state index is 13.4. The lowest BCUT2D eigenvalue weighted by atomic mass is 9.93. The van der Waals surface area contributed by atoms with Crippen molar-refractivity contribution in [3.63, 3.8) is 0 Å². The summed E-state index contributed by atoms with van der Waals surface area (Å²) in [5.41, 5.74) is 3.20. The van der Waals surface area contributed by atoms with Crippen molar-refractivity contribution >= 4 is 23.2 Å². The smallest absolute Gasteiger partial charge is 0.264 e. The number of pyridine rings is 1. The molecule has 1 aliphatic heterocycles. The molecular weight excluding hydrogens is 406 g/mol. The van der Waals surface area contributed by atoms with Gasteiger partial charge in [0, 0.05) is 43.3 Å². The zero-order valence-electron chi connectivity index (χ0n) is 18.0. The highest BCUT2D eigenvalue weighted by Crippen LogP contribution is 2.28. The Bertz CT molecular complexity index is 1060. The van der Waals surface area contributed by atoms with E-state index >= 15 is 0 Å². The molecule has 5 nitrogen and oxygen atoms in total. The highest BCUT2D eigenvalue weighted by Gasteiger charge is 2.38. The molecule has 31 heavy (non-hydrogen) atoms. The third-order valence-corrected chi connectivity index (χ3v) is 6.70. The highest BCUT2D eigenvalue weighted by molar-refractivity contribution is 7.13. The van der Waals surface area contributed by atoms with Crippen LogP contribution < -0.4 is 0 Å². The first-order chi connectivity index (χ1) is 15.1. The van der Waals surface area contributed by atoms with E-state index in [4.69, 9.17) is 0 Å². The van der Waals surface area contributed by atoms with Gasteiger partial charge >= 0.3 is 0 Å². The molecule has 0 N–H and O–H groups in total. The number of amides is 2. The quantitative estimate of drug-likeness (QED) is 0.578. The van der Waals surface area contributed by atoms with Crippen LogP contribution in [0.3, 0.4) is 0 Å². The minimum atomic E-state index is -0.502. The molecule has 1 aliphatic rings. The van der Waals surface area contributed by atoms with Crippen LogP contribution in [0.5, 0.6) is 0 Å². The zero-order valence-corrected chi connectivity index (χ0v) is 18.8. The number of carbonyl (C=O) groups excluding carboxylic acids is 2. The van der Waals surface area contributed by atoms with Gasteiger partial charge in [-0.25, -0.2) is 0 Å². The van der Waals surface area contributed by atoms with E-state index in [0.29, 0.717) is 24.4 Å². The molecule has 6 heteroatoms. The fourth-order valence-corrected chi connectivity index (χ4v) is 5.01. The van der Waals surface area contributed by atoms with Gasteiger partial charge in [-0.15, -0.1) is 11.3 Å². The van der Waals surface area contributed by atoms with Crippen molar-refractivity contribution in [1.29, 1.82) is 0 Å². The van der Waals surface area contributed by atoms with Crippen molar-refractivity contribution in [2.24, 2.45) is 0 Å². The van der Waals surface area contributed by atoms with E-state index in [9.17, 15) is 9.59 Å². The number of rotatable bonds is 6. The van der Waals surface area contributed by atoms with E-state index in [1.165, 1.54) is 11.3 Å². The summed E-state index contributed by atoms with van der Waals surface area (Å²) in [6.45, 7) is 5.94. The van der Waals surface area contributed by atoms with Crippen molar-refractivity contribution in [2.75, 3.05) is 19.6 Å². The number of aryl methyl sites for hydroxylation is 1. The van der Waals surface area contributed by atoms with Crippen molar-refractivity contribution in [1.82, 2.24) is 14.8 Å². The molecule has 4 rings (SSSR count). The Morgan fingerprint density at radius 3 is 2.58 bits per heavy atom. The van der Waals surface area contributed by atoms with Crippen LogP contribution in [0, 0.1) is 6.92 Å². The molecule has 0 bridgehead atoms.